The van der Waals surface area contributed by atoms with E-state index in [0.717, 1.165) is 24.0 Å². The largest absolute Gasteiger partial charge is 0.481 e. The van der Waals surface area contributed by atoms with Crippen LogP contribution in [0, 0.1) is 5.41 Å². The molecule has 1 aliphatic rings. The predicted molar refractivity (Wildman–Crippen MR) is 74.4 cm³/mol. The number of nitrogens with zero attached hydrogens (tertiary/aromatic N) is 1. The Labute approximate surface area is 116 Å². The van der Waals surface area contributed by atoms with E-state index in [4.69, 9.17) is 0 Å². The standard InChI is InChI=1S/C14H18BrNO2/c1-2-14(13(17)18)7-8-16(10-14)9-11-3-5-12(15)6-4-11/h3-6H,2,7-10H2,1H3,(H,17,18). The molecule has 0 amide bonds. The summed E-state index contributed by atoms with van der Waals surface area (Å²) in [5.41, 5.74) is 0.700. The van der Waals surface area contributed by atoms with Crippen molar-refractivity contribution in [2.45, 2.75) is 26.3 Å². The van der Waals surface area contributed by atoms with Gasteiger partial charge in [0.1, 0.15) is 0 Å². The molecule has 0 bridgehead atoms. The maximum atomic E-state index is 11.4. The van der Waals surface area contributed by atoms with E-state index >= 15 is 0 Å². The van der Waals surface area contributed by atoms with Crippen LogP contribution >= 0.6 is 15.9 Å². The molecule has 2 rings (SSSR count). The Morgan fingerprint density at radius 1 is 1.44 bits per heavy atom. The summed E-state index contributed by atoms with van der Waals surface area (Å²) < 4.78 is 1.07. The SMILES string of the molecule is CCC1(C(=O)O)CCN(Cc2ccc(Br)cc2)C1. The van der Waals surface area contributed by atoms with Crippen LogP contribution in [-0.2, 0) is 11.3 Å². The summed E-state index contributed by atoms with van der Waals surface area (Å²) in [5, 5.41) is 9.35. The van der Waals surface area contributed by atoms with Gasteiger partial charge >= 0.3 is 5.97 Å². The fourth-order valence-corrected chi connectivity index (χ4v) is 2.82. The summed E-state index contributed by atoms with van der Waals surface area (Å²) in [6.07, 6.45) is 1.47. The van der Waals surface area contributed by atoms with Gasteiger partial charge in [0.15, 0.2) is 0 Å². The lowest BCUT2D eigenvalue weighted by Gasteiger charge is -2.23. The van der Waals surface area contributed by atoms with Gasteiger partial charge in [-0.1, -0.05) is 35.0 Å². The summed E-state index contributed by atoms with van der Waals surface area (Å²) in [7, 11) is 0. The molecule has 0 saturated carbocycles. The van der Waals surface area contributed by atoms with Crippen LogP contribution in [0.2, 0.25) is 0 Å². The number of carboxylic acid groups (broad SMARTS) is 1. The summed E-state index contributed by atoms with van der Waals surface area (Å²) in [5.74, 6) is -0.650. The monoisotopic (exact) mass is 311 g/mol. The molecule has 1 saturated heterocycles. The summed E-state index contributed by atoms with van der Waals surface area (Å²) in [4.78, 5) is 13.6. The first kappa shape index (κ1) is 13.6. The van der Waals surface area contributed by atoms with Crippen molar-refractivity contribution in [3.05, 3.63) is 34.3 Å². The first-order chi connectivity index (χ1) is 8.55. The lowest BCUT2D eigenvalue weighted by atomic mass is 9.84. The lowest BCUT2D eigenvalue weighted by Crippen LogP contribution is -2.33. The Morgan fingerprint density at radius 2 is 2.11 bits per heavy atom. The van der Waals surface area contributed by atoms with E-state index in [-0.39, 0.29) is 0 Å². The van der Waals surface area contributed by atoms with E-state index < -0.39 is 11.4 Å². The molecule has 0 spiro atoms. The highest BCUT2D eigenvalue weighted by Crippen LogP contribution is 2.34. The maximum Gasteiger partial charge on any atom is 0.310 e. The Bertz CT molecular complexity index is 432. The number of halogens is 1. The number of hydrogen-bond acceptors (Lipinski definition) is 2. The zero-order valence-corrected chi connectivity index (χ0v) is 12.1. The van der Waals surface area contributed by atoms with Crippen molar-refractivity contribution in [2.75, 3.05) is 13.1 Å². The minimum Gasteiger partial charge on any atom is -0.481 e. The third kappa shape index (κ3) is 2.75. The van der Waals surface area contributed by atoms with Crippen molar-refractivity contribution in [3.63, 3.8) is 0 Å². The van der Waals surface area contributed by atoms with Crippen molar-refractivity contribution in [1.82, 2.24) is 4.90 Å². The van der Waals surface area contributed by atoms with Gasteiger partial charge in [-0.3, -0.25) is 9.69 Å². The van der Waals surface area contributed by atoms with Crippen molar-refractivity contribution in [3.8, 4) is 0 Å². The molecule has 3 nitrogen and oxygen atoms in total. The second kappa shape index (κ2) is 5.41. The average molecular weight is 312 g/mol. The molecular weight excluding hydrogens is 294 g/mol. The molecule has 1 heterocycles. The number of carbonyl (C=O) groups is 1. The van der Waals surface area contributed by atoms with Crippen LogP contribution in [0.15, 0.2) is 28.7 Å². The fourth-order valence-electron chi connectivity index (χ4n) is 2.56. The van der Waals surface area contributed by atoms with E-state index in [1.54, 1.807) is 0 Å². The molecule has 0 aromatic heterocycles. The van der Waals surface area contributed by atoms with Crippen LogP contribution < -0.4 is 0 Å². The Hall–Kier alpha value is -0.870. The van der Waals surface area contributed by atoms with Gasteiger partial charge in [0.2, 0.25) is 0 Å². The predicted octanol–water partition coefficient (Wildman–Crippen LogP) is 3.14. The van der Waals surface area contributed by atoms with Crippen LogP contribution in [0.4, 0.5) is 0 Å². The van der Waals surface area contributed by atoms with Crippen molar-refractivity contribution in [1.29, 1.82) is 0 Å². The van der Waals surface area contributed by atoms with Gasteiger partial charge in [0.05, 0.1) is 5.41 Å². The molecule has 0 aliphatic carbocycles. The van der Waals surface area contributed by atoms with E-state index in [9.17, 15) is 9.90 Å². The molecular formula is C14H18BrNO2. The summed E-state index contributed by atoms with van der Waals surface area (Å²) >= 11 is 3.42. The van der Waals surface area contributed by atoms with Gasteiger partial charge in [-0.25, -0.2) is 0 Å². The molecule has 18 heavy (non-hydrogen) atoms. The number of carboxylic acids is 1. The molecule has 1 fully saturated rings. The highest BCUT2D eigenvalue weighted by Gasteiger charge is 2.42. The molecule has 1 atom stereocenters. The number of hydrogen-bond donors (Lipinski definition) is 1. The molecule has 1 aromatic rings. The lowest BCUT2D eigenvalue weighted by molar-refractivity contribution is -0.148. The van der Waals surface area contributed by atoms with Crippen molar-refractivity contribution < 1.29 is 9.90 Å². The van der Waals surface area contributed by atoms with E-state index in [2.05, 4.69) is 33.0 Å². The number of likely N-dealkylation sites (tertiary alicyclic amines) is 1. The molecule has 4 heteroatoms. The van der Waals surface area contributed by atoms with Gasteiger partial charge in [0, 0.05) is 17.6 Å². The van der Waals surface area contributed by atoms with Gasteiger partial charge in [-0.2, -0.15) is 0 Å². The smallest absolute Gasteiger partial charge is 0.310 e. The molecule has 1 aromatic carbocycles. The second-order valence-corrected chi connectivity index (χ2v) is 5.94. The van der Waals surface area contributed by atoms with Gasteiger partial charge < -0.3 is 5.11 Å². The third-order valence-electron chi connectivity index (χ3n) is 3.88. The molecule has 1 unspecified atom stereocenters. The van der Waals surface area contributed by atoms with Crippen LogP contribution in [0.1, 0.15) is 25.3 Å². The van der Waals surface area contributed by atoms with E-state index in [1.165, 1.54) is 5.56 Å². The Kier molecular flexibility index (Phi) is 4.07. The zero-order valence-electron chi connectivity index (χ0n) is 10.5. The van der Waals surface area contributed by atoms with Crippen molar-refractivity contribution >= 4 is 21.9 Å². The fraction of sp³-hybridized carbons (Fsp3) is 0.500. The van der Waals surface area contributed by atoms with Gasteiger partial charge in [0.25, 0.3) is 0 Å². The second-order valence-electron chi connectivity index (χ2n) is 5.03. The van der Waals surface area contributed by atoms with Crippen LogP contribution in [-0.4, -0.2) is 29.1 Å². The number of rotatable bonds is 4. The zero-order chi connectivity index (χ0) is 13.2. The average Bonchev–Trinajstić information content (AvgIpc) is 2.77. The first-order valence-electron chi connectivity index (χ1n) is 6.26. The van der Waals surface area contributed by atoms with Crippen LogP contribution in [0.5, 0.6) is 0 Å². The van der Waals surface area contributed by atoms with Crippen LogP contribution in [0.3, 0.4) is 0 Å². The molecule has 98 valence electrons. The number of aliphatic carboxylic acids is 1. The van der Waals surface area contributed by atoms with Crippen molar-refractivity contribution in [2.24, 2.45) is 5.41 Å². The maximum absolute atomic E-state index is 11.4. The third-order valence-corrected chi connectivity index (χ3v) is 4.41. The summed E-state index contributed by atoms with van der Waals surface area (Å²) in [6, 6.07) is 8.21. The highest BCUT2D eigenvalue weighted by atomic mass is 79.9. The molecule has 1 aliphatic heterocycles. The Balaban J connectivity index is 2.01. The van der Waals surface area contributed by atoms with Crippen LogP contribution in [0.25, 0.3) is 0 Å². The number of benzene rings is 1. The first-order valence-corrected chi connectivity index (χ1v) is 7.05. The molecule has 1 N–H and O–H groups in total. The highest BCUT2D eigenvalue weighted by molar-refractivity contribution is 9.10. The van der Waals surface area contributed by atoms with Gasteiger partial charge in [-0.15, -0.1) is 0 Å². The Morgan fingerprint density at radius 3 is 2.61 bits per heavy atom. The minimum absolute atomic E-state index is 0.532. The quantitative estimate of drug-likeness (QED) is 0.928. The summed E-state index contributed by atoms with van der Waals surface area (Å²) in [6.45, 7) is 4.34. The van der Waals surface area contributed by atoms with Gasteiger partial charge in [-0.05, 0) is 37.1 Å². The molecule has 0 radical (unpaired) electrons. The normalized spacial score (nSPS) is 24.3. The topological polar surface area (TPSA) is 40.5 Å². The van der Waals surface area contributed by atoms with E-state index in [1.807, 2.05) is 19.1 Å². The minimum atomic E-state index is -0.650. The van der Waals surface area contributed by atoms with E-state index in [0.29, 0.717) is 13.0 Å².